The molecule has 0 saturated carbocycles. The van der Waals surface area contributed by atoms with Crippen LogP contribution in [0.3, 0.4) is 0 Å². The second-order valence-corrected chi connectivity index (χ2v) is 5.58. The van der Waals surface area contributed by atoms with Crippen molar-refractivity contribution in [1.82, 2.24) is 5.43 Å². The quantitative estimate of drug-likeness (QED) is 0.590. The van der Waals surface area contributed by atoms with Crippen LogP contribution < -0.4 is 19.6 Å². The molecule has 0 aliphatic heterocycles. The van der Waals surface area contributed by atoms with Gasteiger partial charge in [0.2, 0.25) is 0 Å². The summed E-state index contributed by atoms with van der Waals surface area (Å²) in [5.41, 5.74) is 4.94. The predicted molar refractivity (Wildman–Crippen MR) is 94.7 cm³/mol. The number of halogens is 1. The van der Waals surface area contributed by atoms with Gasteiger partial charge in [-0.3, -0.25) is 0 Å². The van der Waals surface area contributed by atoms with Crippen molar-refractivity contribution < 1.29 is 14.2 Å². The van der Waals surface area contributed by atoms with Gasteiger partial charge in [0.15, 0.2) is 11.5 Å². The average Bonchev–Trinajstić information content (AvgIpc) is 2.58. The van der Waals surface area contributed by atoms with Gasteiger partial charge in [0.25, 0.3) is 0 Å². The molecule has 2 rings (SSSR count). The third-order valence-corrected chi connectivity index (χ3v) is 3.71. The smallest absolute Gasteiger partial charge is 0.161 e. The maximum atomic E-state index is 5.30. The predicted octanol–water partition coefficient (Wildman–Crippen LogP) is 3.60. The second-order valence-electron chi connectivity index (χ2n) is 4.67. The Morgan fingerprint density at radius 1 is 0.957 bits per heavy atom. The summed E-state index contributed by atoms with van der Waals surface area (Å²) in [6.45, 7) is 0.577. The number of ether oxygens (including phenoxy) is 3. The van der Waals surface area contributed by atoms with Gasteiger partial charge in [0.05, 0.1) is 34.1 Å². The van der Waals surface area contributed by atoms with E-state index >= 15 is 0 Å². The van der Waals surface area contributed by atoms with Crippen LogP contribution in [-0.4, -0.2) is 27.5 Å². The first-order valence-corrected chi connectivity index (χ1v) is 7.77. The summed E-state index contributed by atoms with van der Waals surface area (Å²) in [6.07, 6.45) is 1.73. The van der Waals surface area contributed by atoms with E-state index < -0.39 is 0 Å². The molecule has 0 aromatic heterocycles. The monoisotopic (exact) mass is 378 g/mol. The van der Waals surface area contributed by atoms with Gasteiger partial charge < -0.3 is 19.6 Å². The highest BCUT2D eigenvalue weighted by atomic mass is 79.9. The molecule has 0 unspecified atom stereocenters. The molecule has 2 aromatic carbocycles. The Morgan fingerprint density at radius 3 is 2.35 bits per heavy atom. The lowest BCUT2D eigenvalue weighted by atomic mass is 10.2. The van der Waals surface area contributed by atoms with E-state index in [9.17, 15) is 0 Å². The Kier molecular flexibility index (Phi) is 6.29. The number of nitrogens with one attached hydrogen (secondary N) is 1. The maximum Gasteiger partial charge on any atom is 0.161 e. The summed E-state index contributed by atoms with van der Waals surface area (Å²) in [6, 6.07) is 11.5. The molecule has 2 aromatic rings. The van der Waals surface area contributed by atoms with Crippen molar-refractivity contribution in [2.24, 2.45) is 5.10 Å². The Labute approximate surface area is 144 Å². The first kappa shape index (κ1) is 17.1. The van der Waals surface area contributed by atoms with Crippen LogP contribution in [0.5, 0.6) is 17.2 Å². The molecule has 1 N–H and O–H groups in total. The van der Waals surface area contributed by atoms with Gasteiger partial charge in [-0.25, -0.2) is 0 Å². The molecular weight excluding hydrogens is 360 g/mol. The van der Waals surface area contributed by atoms with Gasteiger partial charge >= 0.3 is 0 Å². The summed E-state index contributed by atoms with van der Waals surface area (Å²) in [4.78, 5) is 0. The second kappa shape index (κ2) is 8.43. The summed E-state index contributed by atoms with van der Waals surface area (Å²) < 4.78 is 16.8. The van der Waals surface area contributed by atoms with E-state index in [1.54, 1.807) is 27.5 Å². The molecule has 6 heteroatoms. The lowest BCUT2D eigenvalue weighted by Crippen LogP contribution is -2.06. The van der Waals surface area contributed by atoms with E-state index in [2.05, 4.69) is 26.5 Å². The van der Waals surface area contributed by atoms with Crippen molar-refractivity contribution >= 4 is 22.1 Å². The van der Waals surface area contributed by atoms with Crippen LogP contribution in [0.2, 0.25) is 0 Å². The topological polar surface area (TPSA) is 52.1 Å². The zero-order valence-corrected chi connectivity index (χ0v) is 14.9. The Morgan fingerprint density at radius 2 is 1.65 bits per heavy atom. The zero-order chi connectivity index (χ0) is 16.7. The SMILES string of the molecule is COc1ccc(Br)cc1/C=N\NCc1ccc(OC)c(OC)c1. The summed E-state index contributed by atoms with van der Waals surface area (Å²) in [5.74, 6) is 2.17. The number of hydrogen-bond donors (Lipinski definition) is 1. The van der Waals surface area contributed by atoms with Crippen LogP contribution in [0.1, 0.15) is 11.1 Å². The molecule has 0 aliphatic carbocycles. The number of hydrazone groups is 1. The van der Waals surface area contributed by atoms with Gasteiger partial charge in [0, 0.05) is 10.0 Å². The van der Waals surface area contributed by atoms with E-state index in [1.807, 2.05) is 36.4 Å². The molecule has 0 spiro atoms. The third kappa shape index (κ3) is 4.63. The normalized spacial score (nSPS) is 10.6. The van der Waals surface area contributed by atoms with Gasteiger partial charge in [-0.05, 0) is 35.9 Å². The Hall–Kier alpha value is -2.21. The highest BCUT2D eigenvalue weighted by Gasteiger charge is 2.04. The largest absolute Gasteiger partial charge is 0.496 e. The molecule has 0 amide bonds. The average molecular weight is 379 g/mol. The minimum Gasteiger partial charge on any atom is -0.496 e. The van der Waals surface area contributed by atoms with Crippen molar-refractivity contribution in [2.45, 2.75) is 6.54 Å². The van der Waals surface area contributed by atoms with E-state index in [1.165, 1.54) is 0 Å². The third-order valence-electron chi connectivity index (χ3n) is 3.22. The summed E-state index contributed by atoms with van der Waals surface area (Å²) >= 11 is 3.44. The van der Waals surface area contributed by atoms with Crippen LogP contribution in [-0.2, 0) is 6.54 Å². The molecule has 0 saturated heterocycles. The fraction of sp³-hybridized carbons (Fsp3) is 0.235. The van der Waals surface area contributed by atoms with Crippen LogP contribution in [0.15, 0.2) is 46.0 Å². The van der Waals surface area contributed by atoms with Gasteiger partial charge in [-0.1, -0.05) is 22.0 Å². The first-order valence-electron chi connectivity index (χ1n) is 6.98. The molecule has 0 aliphatic rings. The van der Waals surface area contributed by atoms with E-state index in [4.69, 9.17) is 14.2 Å². The molecule has 0 heterocycles. The Balaban J connectivity index is 2.01. The molecule has 0 fully saturated rings. The molecule has 0 atom stereocenters. The van der Waals surface area contributed by atoms with Crippen molar-refractivity contribution in [3.8, 4) is 17.2 Å². The van der Waals surface area contributed by atoms with E-state index in [-0.39, 0.29) is 0 Å². The number of nitrogens with zero attached hydrogens (tertiary/aromatic N) is 1. The van der Waals surface area contributed by atoms with Crippen LogP contribution in [0, 0.1) is 0 Å². The lowest BCUT2D eigenvalue weighted by molar-refractivity contribution is 0.354. The molecule has 0 bridgehead atoms. The fourth-order valence-corrected chi connectivity index (χ4v) is 2.43. The van der Waals surface area contributed by atoms with Crippen molar-refractivity contribution in [3.63, 3.8) is 0 Å². The number of rotatable bonds is 7. The highest BCUT2D eigenvalue weighted by Crippen LogP contribution is 2.27. The van der Waals surface area contributed by atoms with Crippen LogP contribution in [0.4, 0.5) is 0 Å². The molecule has 5 nitrogen and oxygen atoms in total. The lowest BCUT2D eigenvalue weighted by Gasteiger charge is -2.09. The number of methoxy groups -OCH3 is 3. The van der Waals surface area contributed by atoms with Crippen molar-refractivity contribution in [3.05, 3.63) is 52.0 Å². The Bertz CT molecular complexity index is 690. The van der Waals surface area contributed by atoms with Crippen LogP contribution >= 0.6 is 15.9 Å². The van der Waals surface area contributed by atoms with Gasteiger partial charge in [-0.15, -0.1) is 0 Å². The minimum absolute atomic E-state index is 0.577. The summed E-state index contributed by atoms with van der Waals surface area (Å²) in [5, 5.41) is 4.24. The first-order chi connectivity index (χ1) is 11.2. The molecule has 0 radical (unpaired) electrons. The van der Waals surface area contributed by atoms with Gasteiger partial charge in [-0.2, -0.15) is 5.10 Å². The highest BCUT2D eigenvalue weighted by molar-refractivity contribution is 9.10. The molecule has 122 valence electrons. The fourth-order valence-electron chi connectivity index (χ4n) is 2.05. The number of benzene rings is 2. The maximum absolute atomic E-state index is 5.30. The standard InChI is InChI=1S/C17H19BrN2O3/c1-21-15-7-5-14(18)9-13(15)11-20-19-10-12-4-6-16(22-2)17(8-12)23-3/h4-9,11,19H,10H2,1-3H3/b20-11-. The molecule has 23 heavy (non-hydrogen) atoms. The minimum atomic E-state index is 0.577. The van der Waals surface area contributed by atoms with E-state index in [0.717, 1.165) is 21.3 Å². The van der Waals surface area contributed by atoms with Crippen LogP contribution in [0.25, 0.3) is 0 Å². The summed E-state index contributed by atoms with van der Waals surface area (Å²) in [7, 11) is 4.87. The van der Waals surface area contributed by atoms with Crippen molar-refractivity contribution in [1.29, 1.82) is 0 Å². The molecular formula is C17H19BrN2O3. The zero-order valence-electron chi connectivity index (χ0n) is 13.3. The van der Waals surface area contributed by atoms with Crippen molar-refractivity contribution in [2.75, 3.05) is 21.3 Å². The number of hydrogen-bond acceptors (Lipinski definition) is 5. The van der Waals surface area contributed by atoms with E-state index in [0.29, 0.717) is 18.0 Å². The van der Waals surface area contributed by atoms with Gasteiger partial charge in [0.1, 0.15) is 5.75 Å².